The van der Waals surface area contributed by atoms with E-state index < -0.39 is 40.2 Å². The normalized spacial score (nSPS) is 30.1. The van der Waals surface area contributed by atoms with Crippen LogP contribution in [0.4, 0.5) is 35.1 Å². The summed E-state index contributed by atoms with van der Waals surface area (Å²) in [6, 6.07) is -22.0. The fraction of sp³-hybridized carbons (Fsp3) is 0.714. The number of hydrogen-bond donors (Lipinski definition) is 0. The van der Waals surface area contributed by atoms with E-state index in [0.29, 0.717) is 0 Å². The molecule has 0 atom stereocenters. The quantitative estimate of drug-likeness (QED) is 0.534. The zero-order valence-electron chi connectivity index (χ0n) is 8.20. The van der Waals surface area contributed by atoms with Crippen LogP contribution in [0.15, 0.2) is 12.8 Å². The summed E-state index contributed by atoms with van der Waals surface area (Å²) < 4.78 is 104. The van der Waals surface area contributed by atoms with Gasteiger partial charge in [-0.05, 0) is 7.05 Å². The predicted molar refractivity (Wildman–Crippen MR) is 39.6 cm³/mol. The van der Waals surface area contributed by atoms with Crippen molar-refractivity contribution < 1.29 is 35.1 Å². The molecule has 1 aliphatic rings. The zero-order valence-corrected chi connectivity index (χ0v) is 8.20. The Morgan fingerprint density at radius 1 is 0.765 bits per heavy atom. The van der Waals surface area contributed by atoms with Crippen LogP contribution in [0.3, 0.4) is 0 Å². The van der Waals surface area contributed by atoms with E-state index in [1.165, 1.54) is 0 Å². The summed E-state index contributed by atoms with van der Waals surface area (Å²) >= 11 is 0. The lowest BCUT2D eigenvalue weighted by molar-refractivity contribution is -0.492. The van der Waals surface area contributed by atoms with E-state index in [4.69, 9.17) is 0 Å². The Morgan fingerprint density at radius 2 is 1.06 bits per heavy atom. The van der Waals surface area contributed by atoms with Gasteiger partial charge in [0.25, 0.3) is 0 Å². The lowest BCUT2D eigenvalue weighted by Gasteiger charge is -2.51. The van der Waals surface area contributed by atoms with Crippen LogP contribution in [0.25, 0.3) is 0 Å². The van der Waals surface area contributed by atoms with Crippen LogP contribution in [0.2, 0.25) is 0 Å². The maximum absolute atomic E-state index is 13.0. The van der Waals surface area contributed by atoms with Crippen molar-refractivity contribution in [1.29, 1.82) is 0 Å². The highest BCUT2D eigenvalue weighted by Gasteiger charge is 2.83. The van der Waals surface area contributed by atoms with Crippen molar-refractivity contribution in [2.45, 2.75) is 24.2 Å². The van der Waals surface area contributed by atoms with Crippen LogP contribution in [-0.2, 0) is 0 Å². The molecule has 0 aliphatic carbocycles. The molecule has 0 aromatic carbocycles. The highest BCUT2D eigenvalue weighted by atomic mass is 19.3. The molecule has 0 unspecified atom stereocenters. The molecular weight excluding hydrogens is 264 g/mol. The van der Waals surface area contributed by atoms with Crippen LogP contribution in [0, 0.1) is 0 Å². The summed E-state index contributed by atoms with van der Waals surface area (Å²) in [7, 11) is -0.220. The summed E-state index contributed by atoms with van der Waals surface area (Å²) in [5.74, 6) is 0. The highest BCUT2D eigenvalue weighted by Crippen LogP contribution is 2.56. The van der Waals surface area contributed by atoms with E-state index in [1.54, 1.807) is 0 Å². The smallest absolute Gasteiger partial charge is 0.248 e. The number of rotatable bonds is 1. The number of halogens is 8. The van der Waals surface area contributed by atoms with Crippen molar-refractivity contribution in [3.63, 3.8) is 0 Å². The second-order valence-electron chi connectivity index (χ2n) is 3.28. The Morgan fingerprint density at radius 3 is 1.29 bits per heavy atom. The molecule has 0 aromatic rings. The number of hydrogen-bond acceptors (Lipinski definition) is 2. The molecule has 17 heavy (non-hydrogen) atoms. The topological polar surface area (TPSA) is 6.48 Å². The van der Waals surface area contributed by atoms with Gasteiger partial charge in [-0.25, -0.2) is 4.90 Å². The monoisotopic (exact) mass is 270 g/mol. The molecule has 0 N–H and O–H groups in total. The van der Waals surface area contributed by atoms with Crippen molar-refractivity contribution in [3.05, 3.63) is 12.8 Å². The zero-order chi connectivity index (χ0) is 13.9. The first-order valence-electron chi connectivity index (χ1n) is 4.02. The van der Waals surface area contributed by atoms with Gasteiger partial charge in [0.15, 0.2) is 0 Å². The van der Waals surface area contributed by atoms with Gasteiger partial charge in [-0.3, -0.25) is 0 Å². The Balaban J connectivity index is 3.48. The van der Waals surface area contributed by atoms with Crippen LogP contribution in [-0.4, -0.2) is 41.0 Å². The van der Waals surface area contributed by atoms with Gasteiger partial charge >= 0.3 is 24.2 Å². The van der Waals surface area contributed by atoms with Crippen molar-refractivity contribution in [3.8, 4) is 0 Å². The van der Waals surface area contributed by atoms with Gasteiger partial charge < -0.3 is 0 Å². The average Bonchev–Trinajstić information content (AvgIpc) is 2.14. The molecule has 1 heterocycles. The third-order valence-electron chi connectivity index (χ3n) is 2.35. The van der Waals surface area contributed by atoms with E-state index in [1.807, 2.05) is 0 Å². The van der Waals surface area contributed by atoms with Gasteiger partial charge in [-0.2, -0.15) is 40.0 Å². The van der Waals surface area contributed by atoms with Gasteiger partial charge in [-0.1, -0.05) is 6.58 Å². The van der Waals surface area contributed by atoms with E-state index >= 15 is 0 Å². The Labute approximate surface area is 90.1 Å². The van der Waals surface area contributed by atoms with Crippen molar-refractivity contribution in [2.24, 2.45) is 0 Å². The lowest BCUT2D eigenvalue weighted by atomic mass is 10.2. The summed E-state index contributed by atoms with van der Waals surface area (Å²) in [6.07, 6.45) is -0.450. The number of alkyl halides is 8. The molecule has 0 aromatic heterocycles. The number of likely N-dealkylation sites (N-methyl/N-ethyl adjacent to an activating group) is 1. The molecule has 1 fully saturated rings. The van der Waals surface area contributed by atoms with Gasteiger partial charge in [-0.15, -0.1) is 0 Å². The minimum Gasteiger partial charge on any atom is -0.248 e. The third-order valence-corrected chi connectivity index (χ3v) is 2.35. The van der Waals surface area contributed by atoms with Gasteiger partial charge in [0.1, 0.15) is 0 Å². The van der Waals surface area contributed by atoms with E-state index in [0.717, 1.165) is 0 Å². The summed E-state index contributed by atoms with van der Waals surface area (Å²) in [6.45, 7) is 2.41. The van der Waals surface area contributed by atoms with Crippen LogP contribution >= 0.6 is 0 Å². The number of nitrogens with zero attached hydrogens (tertiary/aromatic N) is 2. The molecule has 0 spiro atoms. The van der Waals surface area contributed by atoms with Crippen LogP contribution in [0.5, 0.6) is 0 Å². The molecule has 0 saturated carbocycles. The average molecular weight is 270 g/mol. The maximum Gasteiger partial charge on any atom is 0.407 e. The first-order chi connectivity index (χ1) is 7.35. The molecule has 0 amide bonds. The fourth-order valence-electron chi connectivity index (χ4n) is 1.28. The first kappa shape index (κ1) is 14.0. The molecule has 100 valence electrons. The van der Waals surface area contributed by atoms with E-state index in [9.17, 15) is 35.1 Å². The second-order valence-corrected chi connectivity index (χ2v) is 3.28. The minimum atomic E-state index is -5.52. The maximum atomic E-state index is 13.0. The van der Waals surface area contributed by atoms with Gasteiger partial charge in [0.2, 0.25) is 0 Å². The Kier molecular flexibility index (Phi) is 2.67. The molecule has 0 radical (unpaired) electrons. The largest absolute Gasteiger partial charge is 0.407 e. The Hall–Kier alpha value is -1.06. The highest BCUT2D eigenvalue weighted by molar-refractivity contribution is 5.04. The summed E-state index contributed by atoms with van der Waals surface area (Å²) in [5.41, 5.74) is 0. The molecule has 0 bridgehead atoms. The summed E-state index contributed by atoms with van der Waals surface area (Å²) in [5, 5.41) is 0. The second kappa shape index (κ2) is 3.24. The lowest BCUT2D eigenvalue weighted by Crippen LogP contribution is -2.78. The van der Waals surface area contributed by atoms with E-state index in [2.05, 4.69) is 6.58 Å². The van der Waals surface area contributed by atoms with Crippen LogP contribution < -0.4 is 0 Å². The fourth-order valence-corrected chi connectivity index (χ4v) is 1.28. The van der Waals surface area contributed by atoms with Crippen molar-refractivity contribution in [2.75, 3.05) is 7.05 Å². The predicted octanol–water partition coefficient (Wildman–Crippen LogP) is 2.75. The molecular formula is C7H6F8N2. The third kappa shape index (κ3) is 1.36. The van der Waals surface area contributed by atoms with Gasteiger partial charge in [0.05, 0.1) is 0 Å². The van der Waals surface area contributed by atoms with Gasteiger partial charge in [0, 0.05) is 6.20 Å². The molecule has 10 heteroatoms. The Bertz CT molecular complexity index is 311. The van der Waals surface area contributed by atoms with Crippen molar-refractivity contribution >= 4 is 0 Å². The van der Waals surface area contributed by atoms with Crippen LogP contribution in [0.1, 0.15) is 0 Å². The SMILES string of the molecule is C=CN1C(F)(F)C(F)(F)N(C)C(F)(F)C1(F)F. The standard InChI is InChI=1S/C7H6F8N2/c1-3-17-6(12,13)4(8,9)16(2)5(10,11)7(17,14)15/h3H,1H2,2H3. The molecule has 1 saturated heterocycles. The molecule has 1 rings (SSSR count). The minimum absolute atomic E-state index is 0.220. The first-order valence-corrected chi connectivity index (χ1v) is 4.02. The summed E-state index contributed by atoms with van der Waals surface area (Å²) in [4.78, 5) is -3.39. The number of piperazine rings is 1. The van der Waals surface area contributed by atoms with Crippen molar-refractivity contribution in [1.82, 2.24) is 9.80 Å². The molecule has 2 nitrogen and oxygen atoms in total. The van der Waals surface area contributed by atoms with E-state index in [-0.39, 0.29) is 7.05 Å². The molecule has 1 aliphatic heterocycles.